The molecule has 0 spiro atoms. The number of methoxy groups -OCH3 is 1. The van der Waals surface area contributed by atoms with Crippen LogP contribution in [0.5, 0.6) is 0 Å². The van der Waals surface area contributed by atoms with Gasteiger partial charge in [-0.2, -0.15) is 0 Å². The number of aryl methyl sites for hydroxylation is 2. The van der Waals surface area contributed by atoms with Crippen molar-refractivity contribution in [3.63, 3.8) is 0 Å². The van der Waals surface area contributed by atoms with Crippen LogP contribution in [0.15, 0.2) is 4.99 Å². The zero-order valence-electron chi connectivity index (χ0n) is 12.2. The molecule has 1 aromatic rings. The molecular formula is C13H24N4OS. The predicted molar refractivity (Wildman–Crippen MR) is 80.9 cm³/mol. The van der Waals surface area contributed by atoms with Crippen LogP contribution in [0.25, 0.3) is 0 Å². The van der Waals surface area contributed by atoms with E-state index in [0.717, 1.165) is 17.8 Å². The van der Waals surface area contributed by atoms with Crippen molar-refractivity contribution in [3.05, 3.63) is 15.6 Å². The van der Waals surface area contributed by atoms with E-state index in [1.807, 2.05) is 6.92 Å². The molecule has 1 aromatic heterocycles. The van der Waals surface area contributed by atoms with Gasteiger partial charge in [0.2, 0.25) is 0 Å². The highest BCUT2D eigenvalue weighted by Gasteiger charge is 2.05. The average Bonchev–Trinajstić information content (AvgIpc) is 2.69. The van der Waals surface area contributed by atoms with Gasteiger partial charge in [-0.3, -0.25) is 4.99 Å². The molecule has 1 rings (SSSR count). The predicted octanol–water partition coefficient (Wildman–Crippen LogP) is 1.50. The normalized spacial score (nSPS) is 13.6. The fraction of sp³-hybridized carbons (Fsp3) is 0.692. The molecule has 0 aliphatic rings. The Labute approximate surface area is 119 Å². The average molecular weight is 284 g/mol. The zero-order valence-corrected chi connectivity index (χ0v) is 13.0. The van der Waals surface area contributed by atoms with Crippen LogP contribution in [0.4, 0.5) is 0 Å². The van der Waals surface area contributed by atoms with Crippen molar-refractivity contribution in [1.29, 1.82) is 0 Å². The van der Waals surface area contributed by atoms with Gasteiger partial charge in [-0.15, -0.1) is 11.3 Å². The minimum Gasteiger partial charge on any atom is -0.383 e. The first-order valence-corrected chi connectivity index (χ1v) is 7.39. The van der Waals surface area contributed by atoms with Gasteiger partial charge in [0.1, 0.15) is 0 Å². The number of aromatic nitrogens is 1. The maximum absolute atomic E-state index is 5.80. The number of nitrogens with two attached hydrogens (primary N) is 1. The number of hydrogen-bond acceptors (Lipinski definition) is 4. The Morgan fingerprint density at radius 1 is 1.58 bits per heavy atom. The molecule has 1 atom stereocenters. The van der Waals surface area contributed by atoms with Gasteiger partial charge in [0.05, 0.1) is 17.3 Å². The second kappa shape index (κ2) is 8.12. The Bertz CT molecular complexity index is 417. The van der Waals surface area contributed by atoms with Gasteiger partial charge in [0.25, 0.3) is 0 Å². The van der Waals surface area contributed by atoms with Crippen molar-refractivity contribution >= 4 is 17.3 Å². The van der Waals surface area contributed by atoms with E-state index >= 15 is 0 Å². The molecular weight excluding hydrogens is 260 g/mol. The van der Waals surface area contributed by atoms with Crippen LogP contribution < -0.4 is 11.1 Å². The molecule has 0 fully saturated rings. The summed E-state index contributed by atoms with van der Waals surface area (Å²) in [4.78, 5) is 10.2. The van der Waals surface area contributed by atoms with Crippen molar-refractivity contribution in [2.45, 2.75) is 39.7 Å². The third-order valence-corrected chi connectivity index (χ3v) is 3.76. The Morgan fingerprint density at radius 3 is 2.89 bits per heavy atom. The second-order valence-electron chi connectivity index (χ2n) is 4.48. The lowest BCUT2D eigenvalue weighted by atomic mass is 10.3. The first kappa shape index (κ1) is 15.9. The first-order chi connectivity index (χ1) is 9.06. The minimum atomic E-state index is 0.169. The summed E-state index contributed by atoms with van der Waals surface area (Å²) in [6.07, 6.45) is 1.83. The monoisotopic (exact) mass is 284 g/mol. The van der Waals surface area contributed by atoms with Crippen LogP contribution in [-0.2, 0) is 17.6 Å². The van der Waals surface area contributed by atoms with E-state index < -0.39 is 0 Å². The number of rotatable bonds is 7. The van der Waals surface area contributed by atoms with Crippen molar-refractivity contribution in [2.75, 3.05) is 20.3 Å². The Balaban J connectivity index is 2.39. The van der Waals surface area contributed by atoms with Crippen LogP contribution in [0.1, 0.15) is 29.4 Å². The van der Waals surface area contributed by atoms with E-state index in [9.17, 15) is 0 Å². The van der Waals surface area contributed by atoms with Gasteiger partial charge >= 0.3 is 0 Å². The summed E-state index contributed by atoms with van der Waals surface area (Å²) in [6, 6.07) is 0.169. The molecule has 0 bridgehead atoms. The van der Waals surface area contributed by atoms with Gasteiger partial charge in [0.15, 0.2) is 5.96 Å². The Morgan fingerprint density at radius 2 is 2.32 bits per heavy atom. The Hall–Kier alpha value is -1.14. The number of nitrogens with zero attached hydrogens (tertiary/aromatic N) is 2. The van der Waals surface area contributed by atoms with Crippen molar-refractivity contribution in [2.24, 2.45) is 10.7 Å². The van der Waals surface area contributed by atoms with E-state index in [0.29, 0.717) is 19.1 Å². The van der Waals surface area contributed by atoms with E-state index in [-0.39, 0.29) is 6.04 Å². The molecule has 0 radical (unpaired) electrons. The van der Waals surface area contributed by atoms with Crippen molar-refractivity contribution in [3.8, 4) is 0 Å². The molecule has 0 aliphatic heterocycles. The van der Waals surface area contributed by atoms with Crippen molar-refractivity contribution in [1.82, 2.24) is 10.3 Å². The molecule has 3 N–H and O–H groups in total. The maximum atomic E-state index is 5.80. The van der Waals surface area contributed by atoms with Gasteiger partial charge < -0.3 is 15.8 Å². The molecule has 0 aromatic carbocycles. The van der Waals surface area contributed by atoms with Gasteiger partial charge in [-0.25, -0.2) is 4.98 Å². The first-order valence-electron chi connectivity index (χ1n) is 6.57. The van der Waals surface area contributed by atoms with Crippen LogP contribution >= 0.6 is 11.3 Å². The summed E-state index contributed by atoms with van der Waals surface area (Å²) in [5.74, 6) is 0.466. The molecule has 6 heteroatoms. The lowest BCUT2D eigenvalue weighted by Crippen LogP contribution is -2.40. The molecule has 0 saturated carbocycles. The van der Waals surface area contributed by atoms with E-state index in [1.165, 1.54) is 10.6 Å². The van der Waals surface area contributed by atoms with Crippen molar-refractivity contribution < 1.29 is 4.74 Å². The van der Waals surface area contributed by atoms with E-state index in [4.69, 9.17) is 10.5 Å². The molecule has 108 valence electrons. The third kappa shape index (κ3) is 5.57. The van der Waals surface area contributed by atoms with Crippen LogP contribution in [0.2, 0.25) is 0 Å². The highest BCUT2D eigenvalue weighted by atomic mass is 32.1. The summed E-state index contributed by atoms with van der Waals surface area (Å²) in [7, 11) is 1.67. The van der Waals surface area contributed by atoms with E-state index in [1.54, 1.807) is 18.4 Å². The molecule has 0 saturated heterocycles. The molecule has 0 aliphatic carbocycles. The second-order valence-corrected chi connectivity index (χ2v) is 5.77. The molecule has 0 amide bonds. The summed E-state index contributed by atoms with van der Waals surface area (Å²) in [5, 5.41) is 4.22. The number of nitrogens with one attached hydrogen (secondary N) is 1. The third-order valence-electron chi connectivity index (χ3n) is 2.69. The topological polar surface area (TPSA) is 72.5 Å². The van der Waals surface area contributed by atoms with Crippen LogP contribution in [0, 0.1) is 6.92 Å². The SMILES string of the molecule is CCc1nc(CCN=C(N)NC(C)COC)sc1C. The van der Waals surface area contributed by atoms with Gasteiger partial charge in [-0.05, 0) is 20.3 Å². The number of aliphatic imine (C=N–C) groups is 1. The summed E-state index contributed by atoms with van der Waals surface area (Å²) in [5.41, 5.74) is 6.99. The summed E-state index contributed by atoms with van der Waals surface area (Å²) < 4.78 is 5.03. The zero-order chi connectivity index (χ0) is 14.3. The van der Waals surface area contributed by atoms with Gasteiger partial charge in [-0.1, -0.05) is 6.92 Å². The summed E-state index contributed by atoms with van der Waals surface area (Å²) >= 11 is 1.75. The summed E-state index contributed by atoms with van der Waals surface area (Å²) in [6.45, 7) is 7.52. The lowest BCUT2D eigenvalue weighted by molar-refractivity contribution is 0.179. The van der Waals surface area contributed by atoms with Crippen LogP contribution in [-0.4, -0.2) is 37.2 Å². The number of hydrogen-bond donors (Lipinski definition) is 2. The number of guanidine groups is 1. The number of thiazole rings is 1. The highest BCUT2D eigenvalue weighted by molar-refractivity contribution is 7.11. The largest absolute Gasteiger partial charge is 0.383 e. The quantitative estimate of drug-likeness (QED) is 0.588. The molecule has 1 unspecified atom stereocenters. The lowest BCUT2D eigenvalue weighted by Gasteiger charge is -2.12. The number of ether oxygens (including phenoxy) is 1. The molecule has 5 nitrogen and oxygen atoms in total. The molecule has 19 heavy (non-hydrogen) atoms. The fourth-order valence-corrected chi connectivity index (χ4v) is 2.79. The fourth-order valence-electron chi connectivity index (χ4n) is 1.78. The van der Waals surface area contributed by atoms with E-state index in [2.05, 4.69) is 29.1 Å². The highest BCUT2D eigenvalue weighted by Crippen LogP contribution is 2.18. The molecule has 1 heterocycles. The smallest absolute Gasteiger partial charge is 0.188 e. The van der Waals surface area contributed by atoms with Crippen LogP contribution in [0.3, 0.4) is 0 Å². The minimum absolute atomic E-state index is 0.169. The Kier molecular flexibility index (Phi) is 6.80. The van der Waals surface area contributed by atoms with Gasteiger partial charge in [0, 0.05) is 31.0 Å². The standard InChI is InChI=1S/C13H24N4OS/c1-5-11-10(3)19-12(17-11)6-7-15-13(14)16-9(2)8-18-4/h9H,5-8H2,1-4H3,(H3,14,15,16). The maximum Gasteiger partial charge on any atom is 0.188 e.